The highest BCUT2D eigenvalue weighted by Crippen LogP contribution is 2.29. The minimum absolute atomic E-state index is 0.0542. The minimum atomic E-state index is -0.525. The van der Waals surface area contributed by atoms with Gasteiger partial charge in [0.25, 0.3) is 11.5 Å². The number of nitrogens with one attached hydrogen (secondary N) is 2. The van der Waals surface area contributed by atoms with Crippen LogP contribution < -0.4 is 10.9 Å². The van der Waals surface area contributed by atoms with Crippen molar-refractivity contribution in [2.24, 2.45) is 0 Å². The van der Waals surface area contributed by atoms with Crippen LogP contribution in [0.5, 0.6) is 0 Å². The first-order chi connectivity index (χ1) is 9.00. The molecule has 0 spiro atoms. The Morgan fingerprint density at radius 3 is 2.68 bits per heavy atom. The molecule has 0 radical (unpaired) electrons. The predicted molar refractivity (Wildman–Crippen MR) is 76.2 cm³/mol. The maximum absolute atomic E-state index is 12.1. The van der Waals surface area contributed by atoms with Crippen LogP contribution in [0.4, 0.5) is 5.69 Å². The van der Waals surface area contributed by atoms with Crippen molar-refractivity contribution < 1.29 is 4.79 Å². The van der Waals surface area contributed by atoms with E-state index in [2.05, 4.69) is 10.3 Å². The summed E-state index contributed by atoms with van der Waals surface area (Å²) in [5.41, 5.74) is 0.551. The van der Waals surface area contributed by atoms with Crippen LogP contribution in [-0.4, -0.2) is 10.9 Å². The van der Waals surface area contributed by atoms with E-state index in [4.69, 9.17) is 23.2 Å². The van der Waals surface area contributed by atoms with Gasteiger partial charge in [0.2, 0.25) is 0 Å². The van der Waals surface area contributed by atoms with E-state index in [1.54, 1.807) is 31.2 Å². The Kier molecular flexibility index (Phi) is 3.93. The second-order valence-corrected chi connectivity index (χ2v) is 4.71. The molecule has 1 heterocycles. The van der Waals surface area contributed by atoms with Crippen LogP contribution in [0.3, 0.4) is 0 Å². The number of amides is 1. The second kappa shape index (κ2) is 5.47. The Bertz CT molecular complexity index is 695. The van der Waals surface area contributed by atoms with E-state index in [0.29, 0.717) is 16.3 Å². The summed E-state index contributed by atoms with van der Waals surface area (Å²) in [6.45, 7) is 1.68. The van der Waals surface area contributed by atoms with Crippen molar-refractivity contribution in [3.05, 3.63) is 62.0 Å². The van der Waals surface area contributed by atoms with Crippen LogP contribution in [-0.2, 0) is 0 Å². The molecule has 0 aliphatic rings. The van der Waals surface area contributed by atoms with Crippen LogP contribution >= 0.6 is 23.2 Å². The zero-order chi connectivity index (χ0) is 14.0. The Morgan fingerprint density at radius 2 is 2.00 bits per heavy atom. The first-order valence-electron chi connectivity index (χ1n) is 5.44. The van der Waals surface area contributed by atoms with E-state index in [-0.39, 0.29) is 10.6 Å². The molecule has 0 saturated carbocycles. The summed E-state index contributed by atoms with van der Waals surface area (Å²) in [4.78, 5) is 26.2. The lowest BCUT2D eigenvalue weighted by atomic mass is 10.1. The average Bonchev–Trinajstić information content (AvgIpc) is 2.35. The fourth-order valence-electron chi connectivity index (χ4n) is 1.64. The number of aromatic amines is 1. The van der Waals surface area contributed by atoms with Crippen LogP contribution in [0.1, 0.15) is 15.9 Å². The van der Waals surface area contributed by atoms with E-state index < -0.39 is 11.5 Å². The van der Waals surface area contributed by atoms with Crippen molar-refractivity contribution >= 4 is 34.8 Å². The maximum atomic E-state index is 12.1. The molecule has 19 heavy (non-hydrogen) atoms. The molecule has 0 bridgehead atoms. The van der Waals surface area contributed by atoms with Crippen LogP contribution in [0.25, 0.3) is 0 Å². The molecule has 0 aliphatic carbocycles. The van der Waals surface area contributed by atoms with Gasteiger partial charge in [-0.1, -0.05) is 29.3 Å². The zero-order valence-electron chi connectivity index (χ0n) is 9.96. The molecule has 1 aromatic heterocycles. The van der Waals surface area contributed by atoms with Crippen LogP contribution in [0, 0.1) is 6.92 Å². The van der Waals surface area contributed by atoms with E-state index in [1.165, 1.54) is 6.20 Å². The number of rotatable bonds is 2. The monoisotopic (exact) mass is 296 g/mol. The first-order valence-corrected chi connectivity index (χ1v) is 6.20. The fourth-order valence-corrected chi connectivity index (χ4v) is 1.99. The van der Waals surface area contributed by atoms with Crippen molar-refractivity contribution in [1.29, 1.82) is 0 Å². The summed E-state index contributed by atoms with van der Waals surface area (Å²) in [6.07, 6.45) is 1.49. The normalized spacial score (nSPS) is 10.3. The van der Waals surface area contributed by atoms with E-state index in [9.17, 15) is 9.59 Å². The minimum Gasteiger partial charge on any atom is -0.328 e. The number of carbonyl (C=O) groups excluding carboxylic acids is 1. The predicted octanol–water partition coefficient (Wildman–Crippen LogP) is 3.24. The third kappa shape index (κ3) is 2.80. The standard InChI is InChI=1S/C13H10Cl2N2O2/c1-7-5-6-16-12(18)10(7)13(19)17-9-4-2-3-8(14)11(9)15/h2-6H,1H3,(H,16,18)(H,17,19). The molecule has 4 nitrogen and oxygen atoms in total. The van der Waals surface area contributed by atoms with Gasteiger partial charge in [-0.25, -0.2) is 0 Å². The number of benzene rings is 1. The summed E-state index contributed by atoms with van der Waals surface area (Å²) >= 11 is 11.8. The molecular weight excluding hydrogens is 287 g/mol. The molecular formula is C13H10Cl2N2O2. The number of hydrogen-bond donors (Lipinski definition) is 2. The van der Waals surface area contributed by atoms with Crippen LogP contribution in [0.15, 0.2) is 35.3 Å². The van der Waals surface area contributed by atoms with Crippen molar-refractivity contribution in [2.75, 3.05) is 5.32 Å². The number of carbonyl (C=O) groups is 1. The fraction of sp³-hybridized carbons (Fsp3) is 0.0769. The molecule has 1 amide bonds. The lowest BCUT2D eigenvalue weighted by molar-refractivity contribution is 0.102. The van der Waals surface area contributed by atoms with E-state index in [0.717, 1.165) is 0 Å². The van der Waals surface area contributed by atoms with E-state index in [1.807, 2.05) is 0 Å². The Hall–Kier alpha value is -1.78. The van der Waals surface area contributed by atoms with Gasteiger partial charge in [-0.2, -0.15) is 0 Å². The van der Waals surface area contributed by atoms with Gasteiger partial charge in [-0.3, -0.25) is 9.59 Å². The van der Waals surface area contributed by atoms with Gasteiger partial charge in [0.05, 0.1) is 15.7 Å². The van der Waals surface area contributed by atoms with Crippen molar-refractivity contribution in [3.8, 4) is 0 Å². The zero-order valence-corrected chi connectivity index (χ0v) is 11.5. The van der Waals surface area contributed by atoms with Crippen molar-refractivity contribution in [1.82, 2.24) is 4.98 Å². The topological polar surface area (TPSA) is 62.0 Å². The molecule has 2 aromatic rings. The number of anilines is 1. The maximum Gasteiger partial charge on any atom is 0.261 e. The molecule has 0 fully saturated rings. The van der Waals surface area contributed by atoms with Gasteiger partial charge in [-0.15, -0.1) is 0 Å². The molecule has 0 saturated heterocycles. The lowest BCUT2D eigenvalue weighted by Crippen LogP contribution is -2.24. The summed E-state index contributed by atoms with van der Waals surface area (Å²) in [6, 6.07) is 6.53. The molecule has 1 aromatic carbocycles. The molecule has 0 aliphatic heterocycles. The molecule has 2 rings (SSSR count). The third-order valence-electron chi connectivity index (χ3n) is 2.60. The number of halogens is 2. The van der Waals surface area contributed by atoms with Crippen molar-refractivity contribution in [3.63, 3.8) is 0 Å². The number of H-pyrrole nitrogens is 1. The number of pyridine rings is 1. The molecule has 6 heteroatoms. The Labute approximate surface area is 119 Å². The number of hydrogen-bond acceptors (Lipinski definition) is 2. The van der Waals surface area contributed by atoms with E-state index >= 15 is 0 Å². The average molecular weight is 297 g/mol. The largest absolute Gasteiger partial charge is 0.328 e. The van der Waals surface area contributed by atoms with Gasteiger partial charge in [-0.05, 0) is 30.7 Å². The van der Waals surface area contributed by atoms with Gasteiger partial charge in [0.1, 0.15) is 5.56 Å². The first kappa shape index (κ1) is 13.6. The second-order valence-electron chi connectivity index (χ2n) is 3.92. The third-order valence-corrected chi connectivity index (χ3v) is 3.41. The Morgan fingerprint density at radius 1 is 1.26 bits per heavy atom. The molecule has 98 valence electrons. The van der Waals surface area contributed by atoms with Gasteiger partial charge in [0, 0.05) is 6.20 Å². The van der Waals surface area contributed by atoms with Gasteiger partial charge >= 0.3 is 0 Å². The Balaban J connectivity index is 2.37. The smallest absolute Gasteiger partial charge is 0.261 e. The highest BCUT2D eigenvalue weighted by Gasteiger charge is 2.15. The lowest BCUT2D eigenvalue weighted by Gasteiger charge is -2.09. The summed E-state index contributed by atoms with van der Waals surface area (Å²) in [7, 11) is 0. The van der Waals surface area contributed by atoms with Gasteiger partial charge < -0.3 is 10.3 Å². The quantitative estimate of drug-likeness (QED) is 0.894. The molecule has 2 N–H and O–H groups in total. The SMILES string of the molecule is Cc1cc[nH]c(=O)c1C(=O)Nc1cccc(Cl)c1Cl. The summed E-state index contributed by atoms with van der Waals surface area (Å²) in [5.74, 6) is -0.525. The number of aryl methyl sites for hydroxylation is 1. The summed E-state index contributed by atoms with van der Waals surface area (Å²) in [5, 5.41) is 3.14. The van der Waals surface area contributed by atoms with Crippen molar-refractivity contribution in [2.45, 2.75) is 6.92 Å². The van der Waals surface area contributed by atoms with Crippen LogP contribution in [0.2, 0.25) is 10.0 Å². The summed E-state index contributed by atoms with van der Waals surface area (Å²) < 4.78 is 0. The molecule has 0 unspecified atom stereocenters. The highest BCUT2D eigenvalue weighted by molar-refractivity contribution is 6.44. The number of aromatic nitrogens is 1. The van der Waals surface area contributed by atoms with Gasteiger partial charge in [0.15, 0.2) is 0 Å². The highest BCUT2D eigenvalue weighted by atomic mass is 35.5. The molecule has 0 atom stereocenters.